The summed E-state index contributed by atoms with van der Waals surface area (Å²) in [5.74, 6) is -0.236. The molecule has 0 unspecified atom stereocenters. The van der Waals surface area contributed by atoms with Gasteiger partial charge in [-0.3, -0.25) is 0 Å². The summed E-state index contributed by atoms with van der Waals surface area (Å²) in [5.41, 5.74) is 0. The van der Waals surface area contributed by atoms with Crippen LogP contribution in [0.1, 0.15) is 33.1 Å². The lowest BCUT2D eigenvalue weighted by Gasteiger charge is -2.32. The maximum Gasteiger partial charge on any atom is 0.326 e. The third kappa shape index (κ3) is 6.33. The molecular weight excluding hydrogens is 270 g/mol. The topological polar surface area (TPSA) is 72.9 Å². The van der Waals surface area contributed by atoms with Crippen molar-refractivity contribution in [3.8, 4) is 0 Å². The highest BCUT2D eigenvalue weighted by atomic mass is 16.4. The van der Waals surface area contributed by atoms with Crippen LogP contribution in [-0.2, 0) is 4.79 Å². The highest BCUT2D eigenvalue weighted by Crippen LogP contribution is 2.17. The number of nitrogens with one attached hydrogen (secondary N) is 1. The molecule has 0 saturated carbocycles. The molecule has 2 amide bonds. The quantitative estimate of drug-likeness (QED) is 0.779. The molecule has 6 nitrogen and oxygen atoms in total. The molecule has 0 aromatic rings. The Morgan fingerprint density at radius 3 is 2.38 bits per heavy atom. The number of nitrogens with zero attached hydrogens (tertiary/aromatic N) is 2. The highest BCUT2D eigenvalue weighted by Gasteiger charge is 2.25. The van der Waals surface area contributed by atoms with Crippen molar-refractivity contribution in [2.75, 3.05) is 33.7 Å². The monoisotopic (exact) mass is 299 g/mol. The Labute approximate surface area is 127 Å². The van der Waals surface area contributed by atoms with E-state index in [1.165, 1.54) is 0 Å². The summed E-state index contributed by atoms with van der Waals surface area (Å²) in [6.07, 6.45) is 2.62. The molecule has 0 bridgehead atoms. The predicted molar refractivity (Wildman–Crippen MR) is 82.3 cm³/mol. The Kier molecular flexibility index (Phi) is 6.95. The van der Waals surface area contributed by atoms with Gasteiger partial charge in [-0.25, -0.2) is 9.59 Å². The molecule has 21 heavy (non-hydrogen) atoms. The summed E-state index contributed by atoms with van der Waals surface area (Å²) in [6, 6.07) is -1.10. The van der Waals surface area contributed by atoms with E-state index >= 15 is 0 Å². The van der Waals surface area contributed by atoms with Crippen molar-refractivity contribution in [2.24, 2.45) is 11.8 Å². The number of hydrogen-bond acceptors (Lipinski definition) is 3. The Hall–Kier alpha value is -1.30. The van der Waals surface area contributed by atoms with E-state index in [-0.39, 0.29) is 11.9 Å². The van der Waals surface area contributed by atoms with Gasteiger partial charge < -0.3 is 20.2 Å². The second-order valence-corrected chi connectivity index (χ2v) is 6.60. The van der Waals surface area contributed by atoms with Crippen molar-refractivity contribution in [1.29, 1.82) is 0 Å². The summed E-state index contributed by atoms with van der Waals surface area (Å²) in [4.78, 5) is 27.2. The van der Waals surface area contributed by atoms with Crippen molar-refractivity contribution in [3.05, 3.63) is 0 Å². The number of urea groups is 1. The Morgan fingerprint density at radius 1 is 1.33 bits per heavy atom. The van der Waals surface area contributed by atoms with E-state index in [9.17, 15) is 9.59 Å². The Bertz CT molecular complexity index is 352. The predicted octanol–water partition coefficient (Wildman–Crippen LogP) is 1.47. The van der Waals surface area contributed by atoms with Gasteiger partial charge in [-0.1, -0.05) is 13.8 Å². The van der Waals surface area contributed by atoms with Crippen molar-refractivity contribution in [2.45, 2.75) is 39.2 Å². The molecule has 0 aromatic heterocycles. The molecule has 0 aromatic carbocycles. The summed E-state index contributed by atoms with van der Waals surface area (Å²) < 4.78 is 0. The van der Waals surface area contributed by atoms with Gasteiger partial charge in [-0.2, -0.15) is 0 Å². The number of carbonyl (C=O) groups is 2. The summed E-state index contributed by atoms with van der Waals surface area (Å²) in [7, 11) is 3.85. The first kappa shape index (κ1) is 17.8. The van der Waals surface area contributed by atoms with Crippen molar-refractivity contribution < 1.29 is 14.7 Å². The molecule has 1 rings (SSSR count). The van der Waals surface area contributed by atoms with Crippen LogP contribution in [-0.4, -0.2) is 66.7 Å². The Balaban J connectivity index is 2.43. The maximum atomic E-state index is 12.1. The number of amides is 2. The largest absolute Gasteiger partial charge is 0.480 e. The van der Waals surface area contributed by atoms with Gasteiger partial charge in [-0.15, -0.1) is 0 Å². The maximum absolute atomic E-state index is 12.1. The average Bonchev–Trinajstić information content (AvgIpc) is 2.39. The van der Waals surface area contributed by atoms with E-state index in [1.54, 1.807) is 11.9 Å². The number of rotatable bonds is 6. The van der Waals surface area contributed by atoms with E-state index in [1.807, 2.05) is 13.8 Å². The van der Waals surface area contributed by atoms with Gasteiger partial charge in [0.05, 0.1) is 0 Å². The minimum atomic E-state index is -0.968. The normalized spacial score (nSPS) is 18.5. The minimum Gasteiger partial charge on any atom is -0.480 e. The van der Waals surface area contributed by atoms with Crippen molar-refractivity contribution >= 4 is 12.0 Å². The molecule has 1 fully saturated rings. The molecule has 2 N–H and O–H groups in total. The standard InChI is InChI=1S/C15H29N3O3/c1-11(2)9-13(14(19)20)16-15(21)18(4)10-12-5-7-17(3)8-6-12/h11-13H,5-10H2,1-4H3,(H,16,21)(H,19,20)/t13-/m0/s1. The number of likely N-dealkylation sites (tertiary alicyclic amines) is 1. The lowest BCUT2D eigenvalue weighted by atomic mass is 9.97. The average molecular weight is 299 g/mol. The molecule has 0 aliphatic carbocycles. The number of hydrogen-bond donors (Lipinski definition) is 2. The second kappa shape index (κ2) is 8.22. The third-order valence-electron chi connectivity index (χ3n) is 4.02. The van der Waals surface area contributed by atoms with E-state index < -0.39 is 12.0 Å². The van der Waals surface area contributed by atoms with Crippen LogP contribution in [0.5, 0.6) is 0 Å². The number of carboxylic acid groups (broad SMARTS) is 1. The fraction of sp³-hybridized carbons (Fsp3) is 0.867. The lowest BCUT2D eigenvalue weighted by molar-refractivity contribution is -0.139. The van der Waals surface area contributed by atoms with Gasteiger partial charge in [-0.05, 0) is 51.2 Å². The molecule has 1 aliphatic heterocycles. The van der Waals surface area contributed by atoms with E-state index in [0.29, 0.717) is 18.9 Å². The molecule has 1 saturated heterocycles. The molecule has 1 heterocycles. The van der Waals surface area contributed by atoms with Gasteiger partial charge in [0, 0.05) is 13.6 Å². The summed E-state index contributed by atoms with van der Waals surface area (Å²) in [5, 5.41) is 11.8. The van der Waals surface area contributed by atoms with Gasteiger partial charge in [0.15, 0.2) is 0 Å². The Morgan fingerprint density at radius 2 is 1.90 bits per heavy atom. The van der Waals surface area contributed by atoms with Gasteiger partial charge in [0.1, 0.15) is 6.04 Å². The number of aliphatic carboxylic acids is 1. The van der Waals surface area contributed by atoms with E-state index in [2.05, 4.69) is 17.3 Å². The van der Waals surface area contributed by atoms with Crippen LogP contribution in [0.4, 0.5) is 4.79 Å². The lowest BCUT2D eigenvalue weighted by Crippen LogP contribution is -2.48. The molecule has 0 radical (unpaired) electrons. The summed E-state index contributed by atoms with van der Waals surface area (Å²) >= 11 is 0. The number of carboxylic acids is 1. The van der Waals surface area contributed by atoms with Crippen LogP contribution < -0.4 is 5.32 Å². The highest BCUT2D eigenvalue weighted by molar-refractivity contribution is 5.82. The van der Waals surface area contributed by atoms with Crippen LogP contribution in [0.15, 0.2) is 0 Å². The van der Waals surface area contributed by atoms with Crippen LogP contribution >= 0.6 is 0 Å². The minimum absolute atomic E-state index is 0.227. The third-order valence-corrected chi connectivity index (χ3v) is 4.02. The van der Waals surface area contributed by atoms with Crippen LogP contribution in [0.3, 0.4) is 0 Å². The first-order chi connectivity index (χ1) is 9.79. The molecule has 6 heteroatoms. The smallest absolute Gasteiger partial charge is 0.326 e. The van der Waals surface area contributed by atoms with Gasteiger partial charge in [0.2, 0.25) is 0 Å². The zero-order valence-electron chi connectivity index (χ0n) is 13.6. The summed E-state index contributed by atoms with van der Waals surface area (Å²) in [6.45, 7) is 6.71. The first-order valence-electron chi connectivity index (χ1n) is 7.72. The number of carbonyl (C=O) groups excluding carboxylic acids is 1. The van der Waals surface area contributed by atoms with E-state index in [4.69, 9.17) is 5.11 Å². The fourth-order valence-electron chi connectivity index (χ4n) is 2.67. The molecule has 1 atom stereocenters. The molecule has 122 valence electrons. The van der Waals surface area contributed by atoms with Gasteiger partial charge >= 0.3 is 12.0 Å². The fourth-order valence-corrected chi connectivity index (χ4v) is 2.67. The van der Waals surface area contributed by atoms with Gasteiger partial charge in [0.25, 0.3) is 0 Å². The number of piperidine rings is 1. The first-order valence-corrected chi connectivity index (χ1v) is 7.72. The zero-order valence-corrected chi connectivity index (χ0v) is 13.6. The second-order valence-electron chi connectivity index (χ2n) is 6.60. The molecule has 1 aliphatic rings. The molecular formula is C15H29N3O3. The van der Waals surface area contributed by atoms with Crippen LogP contribution in [0.2, 0.25) is 0 Å². The van der Waals surface area contributed by atoms with Crippen molar-refractivity contribution in [3.63, 3.8) is 0 Å². The molecule has 0 spiro atoms. The van der Waals surface area contributed by atoms with Crippen molar-refractivity contribution in [1.82, 2.24) is 15.1 Å². The van der Waals surface area contributed by atoms with Crippen LogP contribution in [0.25, 0.3) is 0 Å². The SMILES string of the molecule is CC(C)C[C@H](NC(=O)N(C)CC1CCN(C)CC1)C(=O)O. The zero-order chi connectivity index (χ0) is 16.0. The van der Waals surface area contributed by atoms with E-state index in [0.717, 1.165) is 25.9 Å². The van der Waals surface area contributed by atoms with Crippen LogP contribution in [0, 0.1) is 11.8 Å².